The molecule has 0 aliphatic heterocycles. The minimum Gasteiger partial charge on any atom is -0.411 e. The third-order valence-corrected chi connectivity index (χ3v) is 3.80. The summed E-state index contributed by atoms with van der Waals surface area (Å²) in [6, 6.07) is 0. The molecule has 0 radical (unpaired) electrons. The predicted molar refractivity (Wildman–Crippen MR) is 72.3 cm³/mol. The van der Waals surface area contributed by atoms with Crippen molar-refractivity contribution in [1.82, 2.24) is 0 Å². The predicted octanol–water partition coefficient (Wildman–Crippen LogP) is 4.13. The molecule has 1 N–H and O–H groups in total. The molecule has 0 aromatic carbocycles. The fraction of sp³-hybridized carbons (Fsp3) is 0.917. The van der Waals surface area contributed by atoms with Crippen LogP contribution in [0.1, 0.15) is 53.4 Å². The Bertz CT molecular complexity index is 271. The van der Waals surface area contributed by atoms with Crippen LogP contribution in [0.25, 0.3) is 0 Å². The molecular formula is C12H25NO4P+. The van der Waals surface area contributed by atoms with Gasteiger partial charge in [0.15, 0.2) is 6.10 Å². The molecule has 0 bridgehead atoms. The van der Waals surface area contributed by atoms with Gasteiger partial charge in [0.1, 0.15) is 6.61 Å². The second kappa shape index (κ2) is 10.4. The lowest BCUT2D eigenvalue weighted by Gasteiger charge is -2.09. The average Bonchev–Trinajstić information content (AvgIpc) is 2.37. The van der Waals surface area contributed by atoms with Crippen molar-refractivity contribution in [3.05, 3.63) is 0 Å². The smallest absolute Gasteiger partial charge is 0.411 e. The van der Waals surface area contributed by atoms with Gasteiger partial charge in [0.05, 0.1) is 5.71 Å². The first-order chi connectivity index (χ1) is 8.54. The second-order valence-electron chi connectivity index (χ2n) is 4.42. The van der Waals surface area contributed by atoms with Crippen molar-refractivity contribution in [2.75, 3.05) is 6.61 Å². The monoisotopic (exact) mass is 278 g/mol. The standard InChI is InChI=1S/C12H24NO4P/c1-5-7-8-12(6-2)9-16-18(15)17-11(4)10(3)13-14/h11-12H,5-9H2,1-4H3/p+1. The van der Waals surface area contributed by atoms with Gasteiger partial charge >= 0.3 is 8.25 Å². The summed E-state index contributed by atoms with van der Waals surface area (Å²) in [5.41, 5.74) is 0.375. The van der Waals surface area contributed by atoms with E-state index in [9.17, 15) is 4.57 Å². The van der Waals surface area contributed by atoms with Gasteiger partial charge < -0.3 is 5.21 Å². The van der Waals surface area contributed by atoms with Gasteiger partial charge in [0.2, 0.25) is 0 Å². The van der Waals surface area contributed by atoms with Crippen molar-refractivity contribution in [2.24, 2.45) is 11.1 Å². The van der Waals surface area contributed by atoms with Crippen molar-refractivity contribution < 1.29 is 18.8 Å². The van der Waals surface area contributed by atoms with Crippen LogP contribution < -0.4 is 0 Å². The van der Waals surface area contributed by atoms with Crippen molar-refractivity contribution in [1.29, 1.82) is 0 Å². The Hall–Kier alpha value is -0.510. The fourth-order valence-electron chi connectivity index (χ4n) is 1.38. The Balaban J connectivity index is 3.94. The fourth-order valence-corrected chi connectivity index (χ4v) is 2.19. The van der Waals surface area contributed by atoms with Crippen molar-refractivity contribution in [2.45, 2.75) is 59.5 Å². The molecule has 6 heteroatoms. The Morgan fingerprint density at radius 1 is 1.44 bits per heavy atom. The molecule has 18 heavy (non-hydrogen) atoms. The van der Waals surface area contributed by atoms with Gasteiger partial charge in [-0.2, -0.15) is 0 Å². The first-order valence-electron chi connectivity index (χ1n) is 6.50. The Labute approximate surface area is 111 Å². The molecule has 0 saturated carbocycles. The SMILES string of the molecule is CCCCC(CC)CO[P+](=O)OC(C)C(C)=NO. The highest BCUT2D eigenvalue weighted by molar-refractivity contribution is 7.33. The minimum atomic E-state index is -2.15. The summed E-state index contributed by atoms with van der Waals surface area (Å²) in [4.78, 5) is 0. The molecule has 0 aliphatic carbocycles. The van der Waals surface area contributed by atoms with Gasteiger partial charge in [-0.05, 0) is 26.2 Å². The van der Waals surface area contributed by atoms with Crippen LogP contribution in [0.2, 0.25) is 0 Å². The number of unbranched alkanes of at least 4 members (excludes halogenated alkanes) is 1. The minimum absolute atomic E-state index is 0.375. The van der Waals surface area contributed by atoms with E-state index in [0.717, 1.165) is 25.7 Å². The third-order valence-electron chi connectivity index (χ3n) is 2.95. The second-order valence-corrected chi connectivity index (χ2v) is 5.34. The number of hydrogen-bond donors (Lipinski definition) is 1. The highest BCUT2D eigenvalue weighted by Crippen LogP contribution is 2.28. The number of hydrogen-bond acceptors (Lipinski definition) is 5. The normalized spacial score (nSPS) is 16.4. The van der Waals surface area contributed by atoms with Crippen molar-refractivity contribution >= 4 is 14.0 Å². The summed E-state index contributed by atoms with van der Waals surface area (Å²) >= 11 is 0. The van der Waals surface area contributed by atoms with Crippen LogP contribution in [-0.4, -0.2) is 23.6 Å². The van der Waals surface area contributed by atoms with Gasteiger partial charge in [-0.25, -0.2) is 0 Å². The molecule has 0 spiro atoms. The van der Waals surface area contributed by atoms with E-state index < -0.39 is 14.4 Å². The van der Waals surface area contributed by atoms with Crippen LogP contribution >= 0.6 is 8.25 Å². The van der Waals surface area contributed by atoms with E-state index in [1.54, 1.807) is 13.8 Å². The molecule has 0 saturated heterocycles. The largest absolute Gasteiger partial charge is 0.698 e. The first-order valence-corrected chi connectivity index (χ1v) is 7.60. The van der Waals surface area contributed by atoms with Crippen LogP contribution in [0.3, 0.4) is 0 Å². The highest BCUT2D eigenvalue weighted by Gasteiger charge is 2.27. The Kier molecular flexibility index (Phi) is 10.1. The Morgan fingerprint density at radius 3 is 2.61 bits per heavy atom. The van der Waals surface area contributed by atoms with Crippen molar-refractivity contribution in [3.63, 3.8) is 0 Å². The molecule has 5 nitrogen and oxygen atoms in total. The summed E-state index contributed by atoms with van der Waals surface area (Å²) in [5, 5.41) is 11.5. The van der Waals surface area contributed by atoms with Gasteiger partial charge in [0.25, 0.3) is 0 Å². The highest BCUT2D eigenvalue weighted by atomic mass is 31.1. The maximum atomic E-state index is 11.5. The number of rotatable bonds is 10. The zero-order valence-corrected chi connectivity index (χ0v) is 12.7. The molecule has 3 atom stereocenters. The zero-order chi connectivity index (χ0) is 14.0. The van der Waals surface area contributed by atoms with Crippen LogP contribution in [0, 0.1) is 5.92 Å². The topological polar surface area (TPSA) is 68.1 Å². The maximum absolute atomic E-state index is 11.5. The van der Waals surface area contributed by atoms with E-state index in [-0.39, 0.29) is 0 Å². The summed E-state index contributed by atoms with van der Waals surface area (Å²) < 4.78 is 21.8. The molecular weight excluding hydrogens is 253 g/mol. The summed E-state index contributed by atoms with van der Waals surface area (Å²) in [6.45, 7) is 7.97. The lowest BCUT2D eigenvalue weighted by molar-refractivity contribution is 0.177. The molecule has 0 heterocycles. The van der Waals surface area contributed by atoms with E-state index in [2.05, 4.69) is 19.0 Å². The van der Waals surface area contributed by atoms with Gasteiger partial charge in [0, 0.05) is 4.57 Å². The van der Waals surface area contributed by atoms with E-state index in [1.165, 1.54) is 0 Å². The molecule has 0 amide bonds. The maximum Gasteiger partial charge on any atom is 0.698 e. The molecule has 0 rings (SSSR count). The van der Waals surface area contributed by atoms with Crippen molar-refractivity contribution in [3.8, 4) is 0 Å². The molecule has 3 unspecified atom stereocenters. The van der Waals surface area contributed by atoms with Gasteiger partial charge in [-0.15, -0.1) is 9.05 Å². The number of nitrogens with zero attached hydrogens (tertiary/aromatic N) is 1. The van der Waals surface area contributed by atoms with Crippen LogP contribution in [0.15, 0.2) is 5.16 Å². The molecule has 0 aromatic rings. The van der Waals surface area contributed by atoms with Crippen LogP contribution in [-0.2, 0) is 13.6 Å². The lowest BCUT2D eigenvalue weighted by Crippen LogP contribution is -2.15. The van der Waals surface area contributed by atoms with Crippen LogP contribution in [0.4, 0.5) is 0 Å². The molecule has 0 aromatic heterocycles. The van der Waals surface area contributed by atoms with Gasteiger partial charge in [-0.1, -0.05) is 38.3 Å². The number of oxime groups is 1. The lowest BCUT2D eigenvalue weighted by atomic mass is 10.0. The molecule has 106 valence electrons. The van der Waals surface area contributed by atoms with Crippen LogP contribution in [0.5, 0.6) is 0 Å². The quantitative estimate of drug-likeness (QED) is 0.282. The summed E-state index contributed by atoms with van der Waals surface area (Å²) in [6.07, 6.45) is 3.90. The third kappa shape index (κ3) is 7.75. The molecule has 0 fully saturated rings. The molecule has 0 aliphatic rings. The van der Waals surface area contributed by atoms with E-state index in [0.29, 0.717) is 18.2 Å². The zero-order valence-electron chi connectivity index (χ0n) is 11.8. The van der Waals surface area contributed by atoms with E-state index in [4.69, 9.17) is 14.3 Å². The average molecular weight is 278 g/mol. The summed E-state index contributed by atoms with van der Waals surface area (Å²) in [5.74, 6) is 0.426. The van der Waals surface area contributed by atoms with Gasteiger partial charge in [-0.3, -0.25) is 0 Å². The van der Waals surface area contributed by atoms with E-state index >= 15 is 0 Å². The summed E-state index contributed by atoms with van der Waals surface area (Å²) in [7, 11) is -2.15. The first kappa shape index (κ1) is 17.5. The van der Waals surface area contributed by atoms with E-state index in [1.807, 2.05) is 0 Å². The Morgan fingerprint density at radius 2 is 2.11 bits per heavy atom.